The monoisotopic (exact) mass is 386 g/mol. The number of rotatable bonds is 0. The molecule has 3 rings (SSSR count). The van der Waals surface area contributed by atoms with E-state index in [9.17, 15) is 0 Å². The molecular weight excluding hydrogens is 369 g/mol. The largest absolute Gasteiger partial charge is 0.671 e. The molecule has 0 bridgehead atoms. The summed E-state index contributed by atoms with van der Waals surface area (Å²) in [5.41, 5.74) is 11.0. The van der Waals surface area contributed by atoms with Crippen molar-refractivity contribution in [2.45, 2.75) is 19.5 Å². The van der Waals surface area contributed by atoms with Gasteiger partial charge in [0.15, 0.2) is 0 Å². The number of fused-ring (bicyclic) bond motifs is 3. The average Bonchev–Trinajstić information content (AvgIpc) is 2.88. The number of hydrogen-bond donors (Lipinski definition) is 0. The summed E-state index contributed by atoms with van der Waals surface area (Å²) in [6.45, 7) is 4.42. The van der Waals surface area contributed by atoms with Gasteiger partial charge in [0, 0.05) is 15.9 Å². The predicted molar refractivity (Wildman–Crippen MR) is 94.5 cm³/mol. The number of amides is 1. The first kappa shape index (κ1) is 21.4. The number of benzene rings is 2. The topological polar surface area (TPSA) is 40.9 Å². The Kier molecular flexibility index (Phi) is 13.7. The summed E-state index contributed by atoms with van der Waals surface area (Å²) in [5, 5.41) is 0. The van der Waals surface area contributed by atoms with Crippen molar-refractivity contribution in [2.24, 2.45) is 0 Å². The number of nitrogens with one attached hydrogen (secondary N) is 1. The second-order valence-electron chi connectivity index (χ2n) is 4.16. The Hall–Kier alpha value is -0.579. The third kappa shape index (κ3) is 7.61. The smallest absolute Gasteiger partial charge is 0.0344 e. The van der Waals surface area contributed by atoms with Gasteiger partial charge in [0.25, 0.3) is 0 Å². The molecule has 2 aromatic carbocycles. The van der Waals surface area contributed by atoms with Crippen molar-refractivity contribution in [3.63, 3.8) is 0 Å². The summed E-state index contributed by atoms with van der Waals surface area (Å²) in [4.78, 5) is 8.47. The molecule has 0 fully saturated rings. The molecule has 2 nitrogen and oxygen atoms in total. The number of halogens is 2. The van der Waals surface area contributed by atoms with Gasteiger partial charge in [-0.05, 0) is 6.42 Å². The van der Waals surface area contributed by atoms with Crippen molar-refractivity contribution in [3.8, 4) is 11.1 Å². The third-order valence-electron chi connectivity index (χ3n) is 2.62. The first-order valence-electron chi connectivity index (χ1n) is 6.59. The zero-order valence-electron chi connectivity index (χ0n) is 12.6. The van der Waals surface area contributed by atoms with Crippen LogP contribution in [0.3, 0.4) is 0 Å². The van der Waals surface area contributed by atoms with Gasteiger partial charge in [0.2, 0.25) is 0 Å². The minimum atomic E-state index is -0.556. The van der Waals surface area contributed by atoms with Crippen LogP contribution in [0.25, 0.3) is 16.9 Å². The van der Waals surface area contributed by atoms with Crippen molar-refractivity contribution in [1.29, 1.82) is 0 Å². The van der Waals surface area contributed by atoms with Crippen LogP contribution >= 0.6 is 18.6 Å². The molecule has 1 aliphatic rings. The standard InChI is InChI=1S/C13H9.C2H7Si.CH3NO.2ClH.Ti/c1-3-7-12-10(5-1)9-11-6-2-4-8-13(11)12;1-3-2;2-1-3;;;/h1-5,7-8H,9H2;3H,1-2H3;1H,(H2,2,3);2*1H;/q-1;;;;;+2/p-3. The molecule has 0 unspecified atom stereocenters. The van der Waals surface area contributed by atoms with E-state index in [0.717, 1.165) is 15.9 Å². The van der Waals surface area contributed by atoms with Crippen LogP contribution in [0.5, 0.6) is 0 Å². The van der Waals surface area contributed by atoms with Gasteiger partial charge in [-0.25, -0.2) is 0 Å². The van der Waals surface area contributed by atoms with Crippen molar-refractivity contribution >= 4 is 34.5 Å². The minimum Gasteiger partial charge on any atom is -0.671 e. The fraction of sp³-hybridized carbons (Fsp3) is 0.188. The summed E-state index contributed by atoms with van der Waals surface area (Å²) in [5.74, 6) is 0. The van der Waals surface area contributed by atoms with E-state index >= 15 is 0 Å². The van der Waals surface area contributed by atoms with Crippen molar-refractivity contribution in [2.75, 3.05) is 0 Å². The van der Waals surface area contributed by atoms with Gasteiger partial charge < -0.3 is 10.5 Å². The SMILES string of the molecule is C[SiH]C.[Cl][Ti][Cl].[NH-]C=O.[c-]1cccc2c1Cc1ccccc1-2. The number of hydrogen-bond acceptors (Lipinski definition) is 1. The van der Waals surface area contributed by atoms with E-state index in [0.29, 0.717) is 0 Å². The predicted octanol–water partition coefficient (Wildman–Crippen LogP) is 5.15. The molecule has 1 radical (unpaired) electrons. The molecule has 22 heavy (non-hydrogen) atoms. The quantitative estimate of drug-likeness (QED) is 0.299. The summed E-state index contributed by atoms with van der Waals surface area (Å²) in [6.07, 6.45) is 1.05. The Morgan fingerprint density at radius 2 is 1.68 bits per heavy atom. The van der Waals surface area contributed by atoms with Gasteiger partial charge in [-0.2, -0.15) is 29.8 Å². The zero-order chi connectivity index (χ0) is 16.8. The molecule has 0 saturated carbocycles. The Bertz CT molecular complexity index is 510. The maximum absolute atomic E-state index is 8.47. The molecule has 2 aromatic rings. The van der Waals surface area contributed by atoms with Gasteiger partial charge >= 0.3 is 35.6 Å². The van der Waals surface area contributed by atoms with Crippen LogP contribution in [0.1, 0.15) is 11.1 Å². The molecule has 0 spiro atoms. The van der Waals surface area contributed by atoms with Crippen LogP contribution in [0.2, 0.25) is 13.1 Å². The summed E-state index contributed by atoms with van der Waals surface area (Å²) in [7, 11) is 10.5. The maximum atomic E-state index is 8.47. The minimum absolute atomic E-state index is 0. The Labute approximate surface area is 151 Å². The normalized spacial score (nSPS) is 9.27. The molecule has 0 aliphatic heterocycles. The van der Waals surface area contributed by atoms with E-state index in [1.165, 1.54) is 22.3 Å². The van der Waals surface area contributed by atoms with Crippen LogP contribution in [-0.2, 0) is 28.2 Å². The first-order valence-corrected chi connectivity index (χ1v) is 13.2. The van der Waals surface area contributed by atoms with Crippen molar-refractivity contribution in [1.82, 2.24) is 0 Å². The summed E-state index contributed by atoms with van der Waals surface area (Å²) < 4.78 is 0. The Balaban J connectivity index is 0.000000416. The van der Waals surface area contributed by atoms with Gasteiger partial charge in [-0.3, -0.25) is 0 Å². The number of carbonyl (C=O) groups excluding carboxylic acids is 1. The zero-order valence-corrected chi connectivity index (χ0v) is 16.8. The van der Waals surface area contributed by atoms with Crippen LogP contribution in [0.15, 0.2) is 42.5 Å². The van der Waals surface area contributed by atoms with Gasteiger partial charge in [0.1, 0.15) is 0 Å². The van der Waals surface area contributed by atoms with E-state index in [4.69, 9.17) is 29.1 Å². The Morgan fingerprint density at radius 3 is 2.27 bits per heavy atom. The Morgan fingerprint density at radius 1 is 1.18 bits per heavy atom. The molecule has 6 heteroatoms. The maximum Gasteiger partial charge on any atom is 0.0344 e. The van der Waals surface area contributed by atoms with Gasteiger partial charge in [-0.15, -0.1) is 5.56 Å². The number of carbonyl (C=O) groups is 1. The van der Waals surface area contributed by atoms with Crippen LogP contribution in [-0.4, -0.2) is 15.9 Å². The second-order valence-corrected chi connectivity index (χ2v) is 7.90. The summed E-state index contributed by atoms with van der Waals surface area (Å²) in [6, 6.07) is 18.1. The molecule has 0 saturated heterocycles. The second kappa shape index (κ2) is 14.0. The summed E-state index contributed by atoms with van der Waals surface area (Å²) >= 11 is -0.556. The molecule has 1 N–H and O–H groups in total. The molecule has 0 heterocycles. The van der Waals surface area contributed by atoms with E-state index in [2.05, 4.69) is 55.6 Å². The van der Waals surface area contributed by atoms with Crippen molar-refractivity contribution in [3.05, 3.63) is 65.4 Å². The van der Waals surface area contributed by atoms with Crippen LogP contribution in [0.4, 0.5) is 0 Å². The first-order chi connectivity index (χ1) is 10.7. The van der Waals surface area contributed by atoms with Gasteiger partial charge in [-0.1, -0.05) is 48.5 Å². The molecule has 0 atom stereocenters. The molecular formula is C16H18Cl2NOSiTi-2. The van der Waals surface area contributed by atoms with E-state index in [-0.39, 0.29) is 6.41 Å². The van der Waals surface area contributed by atoms with Crippen LogP contribution < -0.4 is 0 Å². The van der Waals surface area contributed by atoms with Crippen LogP contribution in [0, 0.1) is 6.07 Å². The fourth-order valence-corrected chi connectivity index (χ4v) is 2.00. The van der Waals surface area contributed by atoms with Crippen molar-refractivity contribution < 1.29 is 21.8 Å². The average molecular weight is 387 g/mol. The third-order valence-corrected chi connectivity index (χ3v) is 2.62. The molecule has 0 aromatic heterocycles. The molecule has 117 valence electrons. The van der Waals surface area contributed by atoms with E-state index in [1.54, 1.807) is 0 Å². The molecule has 1 aliphatic carbocycles. The van der Waals surface area contributed by atoms with E-state index in [1.807, 2.05) is 6.07 Å². The molecule has 1 amide bonds. The van der Waals surface area contributed by atoms with Gasteiger partial charge in [0.05, 0.1) is 0 Å². The van der Waals surface area contributed by atoms with E-state index < -0.39 is 17.0 Å². The fourth-order valence-electron chi connectivity index (χ4n) is 2.00.